The third-order valence-electron chi connectivity index (χ3n) is 7.06. The number of aryl methyl sites for hydroxylation is 1. The van der Waals surface area contributed by atoms with Crippen molar-refractivity contribution in [2.75, 3.05) is 45.3 Å². The van der Waals surface area contributed by atoms with Crippen molar-refractivity contribution in [3.63, 3.8) is 0 Å². The Bertz CT molecular complexity index is 1300. The molecule has 0 unspecified atom stereocenters. The van der Waals surface area contributed by atoms with Gasteiger partial charge in [-0.25, -0.2) is 4.98 Å². The molecule has 240 valence electrons. The zero-order valence-corrected chi connectivity index (χ0v) is 27.2. The predicted octanol–water partition coefficient (Wildman–Crippen LogP) is 3.06. The molecule has 3 rings (SSSR count). The van der Waals surface area contributed by atoms with Crippen LogP contribution in [0.25, 0.3) is 20.9 Å². The molecule has 0 aliphatic carbocycles. The van der Waals surface area contributed by atoms with E-state index in [4.69, 9.17) is 15.0 Å². The van der Waals surface area contributed by atoms with E-state index in [1.165, 1.54) is 23.6 Å². The van der Waals surface area contributed by atoms with Crippen molar-refractivity contribution in [2.45, 2.75) is 63.6 Å². The molecule has 44 heavy (non-hydrogen) atoms. The second-order valence-corrected chi connectivity index (χ2v) is 13.4. The van der Waals surface area contributed by atoms with Crippen LogP contribution >= 0.6 is 23.1 Å². The molecule has 1 fully saturated rings. The lowest BCUT2D eigenvalue weighted by Gasteiger charge is -2.37. The van der Waals surface area contributed by atoms with Gasteiger partial charge in [0.25, 0.3) is 0 Å². The maximum Gasteiger partial charge on any atom is 0.247 e. The number of likely N-dealkylation sites (tertiary alicyclic amines) is 1. The van der Waals surface area contributed by atoms with Gasteiger partial charge in [0.15, 0.2) is 0 Å². The third kappa shape index (κ3) is 10.5. The van der Waals surface area contributed by atoms with Gasteiger partial charge >= 0.3 is 0 Å². The zero-order valence-electron chi connectivity index (χ0n) is 25.5. The van der Waals surface area contributed by atoms with Crippen LogP contribution in [-0.4, -0.2) is 101 Å². The number of carbonyl (C=O) groups excluding carboxylic acids is 3. The summed E-state index contributed by atoms with van der Waals surface area (Å²) in [5.41, 5.74) is 13.0. The molecule has 1 saturated heterocycles. The van der Waals surface area contributed by atoms with Crippen LogP contribution in [0.2, 0.25) is 0 Å². The number of β-amino-alcohol motifs (C(OH)–C–C–N with tert-alkyl or cyclic N) is 1. The minimum atomic E-state index is -0.933. The second kappa shape index (κ2) is 17.3. The number of ether oxygens (including phenoxy) is 2. The third-order valence-corrected chi connectivity index (χ3v) is 9.38. The number of carbonyl (C=O) groups is 3. The van der Waals surface area contributed by atoms with Gasteiger partial charge in [0.2, 0.25) is 17.7 Å². The van der Waals surface area contributed by atoms with Crippen LogP contribution in [0.1, 0.15) is 38.4 Å². The SMILES string of the molecule is CC(=O)N[C@H](C(=O)N1C[C@H](O)C[C@H]1C(=O)NCc1ccc(-c2scnc2C)cc1)C(C)(C)SCCOCCOCCN=[N+]=[N-]. The van der Waals surface area contributed by atoms with Crippen LogP contribution in [0.4, 0.5) is 0 Å². The van der Waals surface area contributed by atoms with Crippen LogP contribution in [0.15, 0.2) is 34.9 Å². The van der Waals surface area contributed by atoms with E-state index >= 15 is 0 Å². The number of nitrogens with one attached hydrogen (secondary N) is 2. The summed E-state index contributed by atoms with van der Waals surface area (Å²) in [6.07, 6.45) is -0.743. The Kier molecular flexibility index (Phi) is 13.9. The molecule has 0 bridgehead atoms. The highest BCUT2D eigenvalue weighted by atomic mass is 32.2. The molecule has 2 heterocycles. The molecule has 0 radical (unpaired) electrons. The van der Waals surface area contributed by atoms with Gasteiger partial charge in [0, 0.05) is 48.4 Å². The molecule has 1 aromatic heterocycles. The first-order chi connectivity index (χ1) is 21.0. The van der Waals surface area contributed by atoms with Gasteiger partial charge in [-0.15, -0.1) is 11.3 Å². The normalized spacial score (nSPS) is 17.2. The fourth-order valence-corrected chi connectivity index (χ4v) is 6.65. The number of thiazole rings is 1. The highest BCUT2D eigenvalue weighted by Crippen LogP contribution is 2.31. The van der Waals surface area contributed by atoms with Gasteiger partial charge in [0.05, 0.1) is 48.6 Å². The Hall–Kier alpha value is -3.20. The minimum Gasteiger partial charge on any atom is -0.391 e. The van der Waals surface area contributed by atoms with Crippen molar-refractivity contribution in [1.29, 1.82) is 0 Å². The van der Waals surface area contributed by atoms with Crippen molar-refractivity contribution in [3.8, 4) is 10.4 Å². The second-order valence-electron chi connectivity index (χ2n) is 10.8. The highest BCUT2D eigenvalue weighted by molar-refractivity contribution is 8.00. The van der Waals surface area contributed by atoms with Crippen molar-refractivity contribution >= 4 is 40.8 Å². The van der Waals surface area contributed by atoms with Crippen molar-refractivity contribution < 1.29 is 29.0 Å². The summed E-state index contributed by atoms with van der Waals surface area (Å²) >= 11 is 3.03. The Labute approximate surface area is 265 Å². The van der Waals surface area contributed by atoms with Gasteiger partial charge in [-0.05, 0) is 37.4 Å². The first-order valence-electron chi connectivity index (χ1n) is 14.4. The predicted molar refractivity (Wildman–Crippen MR) is 170 cm³/mol. The van der Waals surface area contributed by atoms with Crippen molar-refractivity contribution in [1.82, 2.24) is 20.5 Å². The molecule has 0 saturated carbocycles. The number of hydrogen-bond acceptors (Lipinski definition) is 10. The Morgan fingerprint density at radius 1 is 1.23 bits per heavy atom. The van der Waals surface area contributed by atoms with E-state index in [0.29, 0.717) is 32.2 Å². The van der Waals surface area contributed by atoms with E-state index < -0.39 is 28.8 Å². The molecular formula is C29H41N7O6S2. The molecule has 3 amide bonds. The average molecular weight is 648 g/mol. The Morgan fingerprint density at radius 2 is 1.93 bits per heavy atom. The van der Waals surface area contributed by atoms with Crippen LogP contribution in [0, 0.1) is 6.92 Å². The van der Waals surface area contributed by atoms with Crippen molar-refractivity contribution in [2.24, 2.45) is 5.11 Å². The molecule has 13 nitrogen and oxygen atoms in total. The summed E-state index contributed by atoms with van der Waals surface area (Å²) in [5.74, 6) is -0.612. The quantitative estimate of drug-likeness (QED) is 0.101. The number of amides is 3. The number of hydrogen-bond donors (Lipinski definition) is 3. The summed E-state index contributed by atoms with van der Waals surface area (Å²) in [4.78, 5) is 48.7. The molecule has 2 aromatic rings. The fraction of sp³-hybridized carbons (Fsp3) is 0.586. The Morgan fingerprint density at radius 3 is 2.57 bits per heavy atom. The van der Waals surface area contributed by atoms with E-state index in [2.05, 4.69) is 25.6 Å². The number of benzene rings is 1. The van der Waals surface area contributed by atoms with E-state index in [1.807, 2.05) is 50.5 Å². The van der Waals surface area contributed by atoms with Crippen LogP contribution in [-0.2, 0) is 30.4 Å². The van der Waals surface area contributed by atoms with Gasteiger partial charge in [0.1, 0.15) is 12.1 Å². The standard InChI is InChI=1S/C29H41N7O6S2/c1-19-25(43-18-32-19)22-7-5-21(6-8-22)16-31-27(39)24-15-23(38)17-36(24)28(40)26(34-20(2)37)29(3,4)44-14-13-42-12-11-41-10-9-33-35-30/h5-8,18,23-24,26,38H,9-17H2,1-4H3,(H,31,39)(H,34,37)/t23-,24+,26-/m1/s1. The summed E-state index contributed by atoms with van der Waals surface area (Å²) in [7, 11) is 0. The number of aliphatic hydroxyl groups excluding tert-OH is 1. The lowest BCUT2D eigenvalue weighted by Crippen LogP contribution is -2.59. The van der Waals surface area contributed by atoms with E-state index in [0.717, 1.165) is 21.7 Å². The average Bonchev–Trinajstić information content (AvgIpc) is 3.60. The monoisotopic (exact) mass is 647 g/mol. The lowest BCUT2D eigenvalue weighted by atomic mass is 10.0. The number of nitrogens with zero attached hydrogens (tertiary/aromatic N) is 5. The van der Waals surface area contributed by atoms with Gasteiger partial charge in [-0.2, -0.15) is 11.8 Å². The zero-order chi connectivity index (χ0) is 32.1. The van der Waals surface area contributed by atoms with Crippen LogP contribution in [0.3, 0.4) is 0 Å². The molecule has 0 spiro atoms. The van der Waals surface area contributed by atoms with E-state index in [9.17, 15) is 19.5 Å². The number of aliphatic hydroxyl groups is 1. The molecule has 1 aliphatic heterocycles. The fourth-order valence-electron chi connectivity index (χ4n) is 4.79. The molecule has 1 aromatic carbocycles. The smallest absolute Gasteiger partial charge is 0.247 e. The maximum absolute atomic E-state index is 13.8. The topological polar surface area (TPSA) is 179 Å². The maximum atomic E-state index is 13.8. The number of azide groups is 1. The van der Waals surface area contributed by atoms with Gasteiger partial charge in [-0.3, -0.25) is 14.4 Å². The molecule has 3 atom stereocenters. The first-order valence-corrected chi connectivity index (χ1v) is 16.2. The summed E-state index contributed by atoms with van der Waals surface area (Å²) in [5, 5.41) is 19.5. The number of rotatable bonds is 17. The van der Waals surface area contributed by atoms with Crippen molar-refractivity contribution in [3.05, 3.63) is 51.5 Å². The van der Waals surface area contributed by atoms with Crippen LogP contribution < -0.4 is 10.6 Å². The number of thioether (sulfide) groups is 1. The summed E-state index contributed by atoms with van der Waals surface area (Å²) < 4.78 is 10.2. The summed E-state index contributed by atoms with van der Waals surface area (Å²) in [6.45, 7) is 8.99. The summed E-state index contributed by atoms with van der Waals surface area (Å²) in [6, 6.07) is 6.06. The van der Waals surface area contributed by atoms with E-state index in [1.54, 1.807) is 11.3 Å². The Balaban J connectivity index is 1.56. The van der Waals surface area contributed by atoms with E-state index in [-0.39, 0.29) is 37.9 Å². The number of aromatic nitrogens is 1. The molecule has 3 N–H and O–H groups in total. The van der Waals surface area contributed by atoms with Gasteiger partial charge in [-0.1, -0.05) is 29.4 Å². The van der Waals surface area contributed by atoms with Crippen LogP contribution in [0.5, 0.6) is 0 Å². The molecular weight excluding hydrogens is 606 g/mol. The largest absolute Gasteiger partial charge is 0.391 e. The van der Waals surface area contributed by atoms with Gasteiger partial charge < -0.3 is 30.1 Å². The minimum absolute atomic E-state index is 0.000557. The molecule has 15 heteroatoms. The lowest BCUT2D eigenvalue weighted by molar-refractivity contribution is -0.142. The first kappa shape index (κ1) is 35.3. The molecule has 1 aliphatic rings. The highest BCUT2D eigenvalue weighted by Gasteiger charge is 2.45.